The average molecular weight is 471 g/mol. The highest BCUT2D eigenvalue weighted by atomic mass is 16.5. The minimum absolute atomic E-state index is 0.163. The van der Waals surface area contributed by atoms with Crippen molar-refractivity contribution in [2.45, 2.75) is 20.3 Å². The Morgan fingerprint density at radius 3 is 2.57 bits per heavy atom. The van der Waals surface area contributed by atoms with E-state index in [9.17, 15) is 4.79 Å². The zero-order valence-electron chi connectivity index (χ0n) is 20.4. The smallest absolute Gasteiger partial charge is 0.228 e. The second kappa shape index (κ2) is 9.84. The van der Waals surface area contributed by atoms with Crippen LogP contribution < -0.4 is 10.2 Å². The highest BCUT2D eigenvalue weighted by Gasteiger charge is 2.17. The lowest BCUT2D eigenvalue weighted by Crippen LogP contribution is -2.37. The molecule has 0 atom stereocenters. The summed E-state index contributed by atoms with van der Waals surface area (Å²) in [6, 6.07) is 15.8. The van der Waals surface area contributed by atoms with Crippen LogP contribution in [0.3, 0.4) is 0 Å². The lowest BCUT2D eigenvalue weighted by Gasteiger charge is -2.27. The number of hydrogen-bond acceptors (Lipinski definition) is 7. The molecule has 0 bridgehead atoms. The minimum atomic E-state index is 0.163. The number of anilines is 3. The summed E-state index contributed by atoms with van der Waals surface area (Å²) in [4.78, 5) is 24.2. The Kier molecular flexibility index (Phi) is 6.46. The normalized spacial score (nSPS) is 14.0. The van der Waals surface area contributed by atoms with Crippen LogP contribution in [0.4, 0.5) is 17.5 Å². The van der Waals surface area contributed by atoms with Crippen molar-refractivity contribution in [3.8, 4) is 11.3 Å². The van der Waals surface area contributed by atoms with Crippen LogP contribution in [-0.2, 0) is 11.8 Å². The van der Waals surface area contributed by atoms with Crippen molar-refractivity contribution < 1.29 is 9.53 Å². The molecule has 0 unspecified atom stereocenters. The van der Waals surface area contributed by atoms with E-state index in [1.165, 1.54) is 0 Å². The molecule has 1 saturated heterocycles. The van der Waals surface area contributed by atoms with E-state index in [4.69, 9.17) is 14.7 Å². The van der Waals surface area contributed by atoms with Crippen molar-refractivity contribution in [3.63, 3.8) is 0 Å². The number of fused-ring (bicyclic) bond motifs is 1. The predicted octanol–water partition coefficient (Wildman–Crippen LogP) is 4.84. The topological polar surface area (TPSA) is 85.2 Å². The first-order valence-corrected chi connectivity index (χ1v) is 12.0. The number of aryl methyl sites for hydroxylation is 1. The number of carbonyl (C=O) groups is 1. The molecule has 180 valence electrons. The standard InChI is InChI=1S/C27H30N6O2/c1-18(2)14-25(34)19-6-8-22(9-7-19)29-26-16-23(30-27(31-26)33-10-12-35-13-11-33)20-4-5-21-17-28-32(3)24(21)15-20/h4-9,15-18H,10-14H2,1-3H3,(H,29,30,31). The predicted molar refractivity (Wildman–Crippen MR) is 138 cm³/mol. The Morgan fingerprint density at radius 2 is 1.83 bits per heavy atom. The van der Waals surface area contributed by atoms with Crippen molar-refractivity contribution in [1.29, 1.82) is 0 Å². The molecule has 1 aliphatic rings. The van der Waals surface area contributed by atoms with Crippen LogP contribution in [0.15, 0.2) is 54.7 Å². The second-order valence-electron chi connectivity index (χ2n) is 9.30. The van der Waals surface area contributed by atoms with E-state index >= 15 is 0 Å². The Labute approximate surface area is 205 Å². The molecule has 1 fully saturated rings. The summed E-state index contributed by atoms with van der Waals surface area (Å²) in [5.74, 6) is 1.87. The summed E-state index contributed by atoms with van der Waals surface area (Å²) in [6.07, 6.45) is 2.41. The van der Waals surface area contributed by atoms with Crippen LogP contribution in [0.5, 0.6) is 0 Å². The van der Waals surface area contributed by atoms with Crippen LogP contribution >= 0.6 is 0 Å². The van der Waals surface area contributed by atoms with Gasteiger partial charge in [-0.1, -0.05) is 26.0 Å². The fourth-order valence-electron chi connectivity index (χ4n) is 4.23. The number of nitrogens with zero attached hydrogens (tertiary/aromatic N) is 5. The number of aromatic nitrogens is 4. The van der Waals surface area contributed by atoms with E-state index in [1.54, 1.807) is 0 Å². The van der Waals surface area contributed by atoms with Gasteiger partial charge in [-0.25, -0.2) is 4.98 Å². The average Bonchev–Trinajstić information content (AvgIpc) is 3.24. The van der Waals surface area contributed by atoms with Crippen LogP contribution in [-0.4, -0.2) is 51.8 Å². The molecule has 8 heteroatoms. The van der Waals surface area contributed by atoms with Crippen molar-refractivity contribution >= 4 is 34.1 Å². The van der Waals surface area contributed by atoms with E-state index < -0.39 is 0 Å². The monoisotopic (exact) mass is 470 g/mol. The lowest BCUT2D eigenvalue weighted by atomic mass is 10.0. The largest absolute Gasteiger partial charge is 0.378 e. The summed E-state index contributed by atoms with van der Waals surface area (Å²) in [7, 11) is 1.94. The van der Waals surface area contributed by atoms with Gasteiger partial charge >= 0.3 is 0 Å². The van der Waals surface area contributed by atoms with Gasteiger partial charge in [-0.05, 0) is 36.2 Å². The summed E-state index contributed by atoms with van der Waals surface area (Å²) in [5.41, 5.74) is 4.47. The Balaban J connectivity index is 1.47. The highest BCUT2D eigenvalue weighted by molar-refractivity contribution is 5.96. The first kappa shape index (κ1) is 23.0. The molecule has 35 heavy (non-hydrogen) atoms. The molecule has 0 saturated carbocycles. The minimum Gasteiger partial charge on any atom is -0.378 e. The number of benzene rings is 2. The molecular weight excluding hydrogens is 440 g/mol. The van der Waals surface area contributed by atoms with Gasteiger partial charge in [-0.2, -0.15) is 10.1 Å². The summed E-state index contributed by atoms with van der Waals surface area (Å²) >= 11 is 0. The van der Waals surface area contributed by atoms with Crippen molar-refractivity contribution in [3.05, 3.63) is 60.3 Å². The molecule has 8 nitrogen and oxygen atoms in total. The molecule has 1 N–H and O–H groups in total. The van der Waals surface area contributed by atoms with Gasteiger partial charge in [0.1, 0.15) is 5.82 Å². The maximum Gasteiger partial charge on any atom is 0.228 e. The molecular formula is C27H30N6O2. The SMILES string of the molecule is CC(C)CC(=O)c1ccc(Nc2cc(-c3ccc4cnn(C)c4c3)nc(N3CCOCC3)n2)cc1. The zero-order chi connectivity index (χ0) is 24.4. The van der Waals surface area contributed by atoms with Crippen LogP contribution in [0.2, 0.25) is 0 Å². The van der Waals surface area contributed by atoms with E-state index in [1.807, 2.05) is 48.3 Å². The number of Topliss-reactive ketones (excluding diaryl/α,β-unsaturated/α-hetero) is 1. The van der Waals surface area contributed by atoms with E-state index in [2.05, 4.69) is 47.4 Å². The number of carbonyl (C=O) groups excluding carboxylic acids is 1. The molecule has 5 rings (SSSR count). The molecule has 0 amide bonds. The maximum absolute atomic E-state index is 12.4. The molecule has 1 aliphatic heterocycles. The Bertz CT molecular complexity index is 1340. The third-order valence-corrected chi connectivity index (χ3v) is 6.13. The number of ether oxygens (including phenoxy) is 1. The van der Waals surface area contributed by atoms with Gasteiger partial charge in [0.05, 0.1) is 30.6 Å². The van der Waals surface area contributed by atoms with Gasteiger partial charge in [-0.15, -0.1) is 0 Å². The zero-order valence-corrected chi connectivity index (χ0v) is 20.4. The maximum atomic E-state index is 12.4. The highest BCUT2D eigenvalue weighted by Crippen LogP contribution is 2.28. The molecule has 2 aromatic heterocycles. The van der Waals surface area contributed by atoms with Crippen molar-refractivity contribution in [2.75, 3.05) is 36.5 Å². The number of ketones is 1. The van der Waals surface area contributed by atoms with Gasteiger partial charge in [0.15, 0.2) is 5.78 Å². The summed E-state index contributed by atoms with van der Waals surface area (Å²) in [6.45, 7) is 6.91. The van der Waals surface area contributed by atoms with Gasteiger partial charge in [0.2, 0.25) is 5.95 Å². The van der Waals surface area contributed by atoms with Crippen molar-refractivity contribution in [1.82, 2.24) is 19.7 Å². The number of rotatable bonds is 7. The Hall–Kier alpha value is -3.78. The molecule has 3 heterocycles. The fourth-order valence-corrected chi connectivity index (χ4v) is 4.23. The summed E-state index contributed by atoms with van der Waals surface area (Å²) in [5, 5.41) is 8.85. The molecule has 0 radical (unpaired) electrons. The van der Waals surface area contributed by atoms with Gasteiger partial charge in [0.25, 0.3) is 0 Å². The van der Waals surface area contributed by atoms with E-state index in [0.29, 0.717) is 37.3 Å². The van der Waals surface area contributed by atoms with Gasteiger partial charge in [-0.3, -0.25) is 9.48 Å². The second-order valence-corrected chi connectivity index (χ2v) is 9.30. The summed E-state index contributed by atoms with van der Waals surface area (Å²) < 4.78 is 7.38. The van der Waals surface area contributed by atoms with Crippen molar-refractivity contribution in [2.24, 2.45) is 13.0 Å². The third-order valence-electron chi connectivity index (χ3n) is 6.13. The van der Waals surface area contributed by atoms with E-state index in [0.717, 1.165) is 46.5 Å². The Morgan fingerprint density at radius 1 is 1.06 bits per heavy atom. The van der Waals surface area contributed by atoms with Crippen LogP contribution in [0.25, 0.3) is 22.2 Å². The van der Waals surface area contributed by atoms with Gasteiger partial charge < -0.3 is 15.0 Å². The van der Waals surface area contributed by atoms with E-state index in [-0.39, 0.29) is 5.78 Å². The van der Waals surface area contributed by atoms with Crippen LogP contribution in [0.1, 0.15) is 30.6 Å². The lowest BCUT2D eigenvalue weighted by molar-refractivity contribution is 0.0968. The first-order chi connectivity index (χ1) is 17.0. The molecule has 4 aromatic rings. The fraction of sp³-hybridized carbons (Fsp3) is 0.333. The molecule has 2 aromatic carbocycles. The van der Waals surface area contributed by atoms with Gasteiger partial charge in [0, 0.05) is 54.8 Å². The third kappa shape index (κ3) is 5.17. The number of hydrogen-bond donors (Lipinski definition) is 1. The van der Waals surface area contributed by atoms with Crippen LogP contribution in [0, 0.1) is 5.92 Å². The number of morpholine rings is 1. The number of nitrogens with one attached hydrogen (secondary N) is 1. The molecule has 0 aliphatic carbocycles. The first-order valence-electron chi connectivity index (χ1n) is 12.0. The molecule has 0 spiro atoms. The quantitative estimate of drug-likeness (QED) is 0.387.